The Hall–Kier alpha value is -0.120. The van der Waals surface area contributed by atoms with Crippen molar-refractivity contribution in [3.05, 3.63) is 0 Å². The molecule has 0 radical (unpaired) electrons. The molecule has 2 saturated carbocycles. The first-order valence-corrected chi connectivity index (χ1v) is 5.65. The van der Waals surface area contributed by atoms with Crippen molar-refractivity contribution in [2.75, 3.05) is 20.6 Å². The second-order valence-corrected chi connectivity index (χ2v) is 5.45. The lowest BCUT2D eigenvalue weighted by atomic mass is 9.85. The molecule has 3 nitrogen and oxygen atoms in total. The Morgan fingerprint density at radius 3 is 2.57 bits per heavy atom. The van der Waals surface area contributed by atoms with Crippen molar-refractivity contribution < 1.29 is 9.84 Å². The number of nitrogens with zero attached hydrogens (tertiary/aromatic N) is 1. The molecule has 0 aromatic heterocycles. The van der Waals surface area contributed by atoms with Gasteiger partial charge in [0.25, 0.3) is 0 Å². The quantitative estimate of drug-likeness (QED) is 0.692. The Balaban J connectivity index is 1.76. The second kappa shape index (κ2) is 2.94. The molecule has 3 fully saturated rings. The van der Waals surface area contributed by atoms with Crippen LogP contribution in [0.3, 0.4) is 0 Å². The second-order valence-electron chi connectivity index (χ2n) is 5.45. The number of hydrogen-bond donors (Lipinski definition) is 1. The predicted molar refractivity (Wildman–Crippen MR) is 52.9 cm³/mol. The zero-order valence-corrected chi connectivity index (χ0v) is 8.89. The number of aliphatic hydroxyl groups is 1. The minimum Gasteiger partial charge on any atom is -0.390 e. The van der Waals surface area contributed by atoms with Gasteiger partial charge in [-0.3, -0.25) is 0 Å². The fourth-order valence-corrected chi connectivity index (χ4v) is 3.77. The summed E-state index contributed by atoms with van der Waals surface area (Å²) in [6.45, 7) is 1.01. The van der Waals surface area contributed by atoms with E-state index >= 15 is 0 Å². The van der Waals surface area contributed by atoms with Crippen molar-refractivity contribution in [2.24, 2.45) is 17.8 Å². The molecule has 0 aromatic rings. The molecule has 1 aliphatic heterocycles. The summed E-state index contributed by atoms with van der Waals surface area (Å²) in [6.07, 6.45) is 2.79. The third kappa shape index (κ3) is 1.09. The van der Waals surface area contributed by atoms with E-state index in [1.165, 1.54) is 12.8 Å². The van der Waals surface area contributed by atoms with Crippen LogP contribution in [0.5, 0.6) is 0 Å². The van der Waals surface area contributed by atoms with Crippen molar-refractivity contribution in [3.63, 3.8) is 0 Å². The third-order valence-electron chi connectivity index (χ3n) is 4.30. The molecule has 3 rings (SSSR count). The smallest absolute Gasteiger partial charge is 0.0873 e. The minimum absolute atomic E-state index is 0.164. The summed E-state index contributed by atoms with van der Waals surface area (Å²) in [5.74, 6) is 1.94. The predicted octanol–water partition coefficient (Wildman–Crippen LogP) is 0.332. The number of likely N-dealkylation sites (N-methyl/N-ethyl adjacent to an activating group) is 1. The molecule has 2 bridgehead atoms. The molecule has 1 N–H and O–H groups in total. The Bertz CT molecular complexity index is 243. The number of hydrogen-bond acceptors (Lipinski definition) is 3. The molecule has 0 spiro atoms. The van der Waals surface area contributed by atoms with Crippen LogP contribution in [0.15, 0.2) is 0 Å². The molecule has 14 heavy (non-hydrogen) atoms. The van der Waals surface area contributed by atoms with Gasteiger partial charge in [0.1, 0.15) is 0 Å². The zero-order chi connectivity index (χ0) is 9.87. The van der Waals surface area contributed by atoms with Gasteiger partial charge in [0, 0.05) is 6.54 Å². The molecular weight excluding hydrogens is 178 g/mol. The summed E-state index contributed by atoms with van der Waals surface area (Å²) in [6, 6.07) is 0. The molecule has 0 aromatic carbocycles. The van der Waals surface area contributed by atoms with Crippen LogP contribution in [0.4, 0.5) is 0 Å². The van der Waals surface area contributed by atoms with E-state index in [2.05, 4.69) is 19.0 Å². The van der Waals surface area contributed by atoms with Gasteiger partial charge >= 0.3 is 0 Å². The van der Waals surface area contributed by atoms with E-state index in [0.717, 1.165) is 12.5 Å². The molecular formula is C11H19NO2. The van der Waals surface area contributed by atoms with Gasteiger partial charge in [0.2, 0.25) is 0 Å². The third-order valence-corrected chi connectivity index (χ3v) is 4.30. The first kappa shape index (κ1) is 9.13. The summed E-state index contributed by atoms with van der Waals surface area (Å²) in [5, 5.41) is 9.92. The standard InChI is InChI=1S/C11H19NO2/c1-12(2)5-9-7-3-6-4-8(7)11(14-9)10(6)13/h6-11,13H,3-5H2,1-2H3. The highest BCUT2D eigenvalue weighted by molar-refractivity contribution is 5.08. The highest BCUT2D eigenvalue weighted by Crippen LogP contribution is 2.56. The summed E-state index contributed by atoms with van der Waals surface area (Å²) < 4.78 is 5.97. The summed E-state index contributed by atoms with van der Waals surface area (Å²) in [4.78, 5) is 2.19. The van der Waals surface area contributed by atoms with Crippen molar-refractivity contribution in [3.8, 4) is 0 Å². The van der Waals surface area contributed by atoms with Crippen LogP contribution in [0.25, 0.3) is 0 Å². The van der Waals surface area contributed by atoms with Gasteiger partial charge in [0.05, 0.1) is 18.3 Å². The average molecular weight is 197 g/mol. The van der Waals surface area contributed by atoms with E-state index in [4.69, 9.17) is 4.74 Å². The largest absolute Gasteiger partial charge is 0.390 e. The fourth-order valence-electron chi connectivity index (χ4n) is 3.77. The van der Waals surface area contributed by atoms with Gasteiger partial charge in [-0.25, -0.2) is 0 Å². The zero-order valence-electron chi connectivity index (χ0n) is 8.89. The lowest BCUT2D eigenvalue weighted by Gasteiger charge is -2.22. The molecule has 1 saturated heterocycles. The Morgan fingerprint density at radius 1 is 1.29 bits per heavy atom. The van der Waals surface area contributed by atoms with Crippen LogP contribution in [-0.2, 0) is 4.74 Å². The summed E-state index contributed by atoms with van der Waals surface area (Å²) in [7, 11) is 4.18. The van der Waals surface area contributed by atoms with Crippen LogP contribution < -0.4 is 0 Å². The van der Waals surface area contributed by atoms with Crippen LogP contribution >= 0.6 is 0 Å². The Morgan fingerprint density at radius 2 is 2.00 bits per heavy atom. The van der Waals surface area contributed by atoms with Crippen molar-refractivity contribution in [1.29, 1.82) is 0 Å². The lowest BCUT2D eigenvalue weighted by Crippen LogP contribution is -2.31. The average Bonchev–Trinajstić information content (AvgIpc) is 2.67. The molecule has 0 amide bonds. The molecule has 6 atom stereocenters. The van der Waals surface area contributed by atoms with E-state index in [1.807, 2.05) is 0 Å². The van der Waals surface area contributed by atoms with Crippen molar-refractivity contribution >= 4 is 0 Å². The van der Waals surface area contributed by atoms with E-state index < -0.39 is 0 Å². The number of aliphatic hydroxyl groups excluding tert-OH is 1. The van der Waals surface area contributed by atoms with Crippen molar-refractivity contribution in [2.45, 2.75) is 31.2 Å². The van der Waals surface area contributed by atoms with Gasteiger partial charge < -0.3 is 14.7 Å². The van der Waals surface area contributed by atoms with E-state index in [9.17, 15) is 5.11 Å². The topological polar surface area (TPSA) is 32.7 Å². The van der Waals surface area contributed by atoms with Crippen LogP contribution in [-0.4, -0.2) is 49.0 Å². The fraction of sp³-hybridized carbons (Fsp3) is 1.00. The highest BCUT2D eigenvalue weighted by Gasteiger charge is 2.60. The number of rotatable bonds is 2. The molecule has 6 unspecified atom stereocenters. The van der Waals surface area contributed by atoms with Crippen LogP contribution in [0.2, 0.25) is 0 Å². The number of fused-ring (bicyclic) bond motifs is 1. The molecule has 3 heteroatoms. The highest BCUT2D eigenvalue weighted by atomic mass is 16.5. The number of ether oxygens (including phenoxy) is 1. The Labute approximate surface area is 85.0 Å². The Kier molecular flexibility index (Phi) is 1.92. The summed E-state index contributed by atoms with van der Waals surface area (Å²) in [5.41, 5.74) is 0. The maximum absolute atomic E-state index is 9.92. The van der Waals surface area contributed by atoms with E-state index in [1.54, 1.807) is 0 Å². The van der Waals surface area contributed by atoms with E-state index in [0.29, 0.717) is 17.9 Å². The van der Waals surface area contributed by atoms with Crippen LogP contribution in [0, 0.1) is 17.8 Å². The van der Waals surface area contributed by atoms with Gasteiger partial charge in [-0.1, -0.05) is 0 Å². The molecule has 1 heterocycles. The van der Waals surface area contributed by atoms with Gasteiger partial charge in [-0.2, -0.15) is 0 Å². The minimum atomic E-state index is -0.164. The lowest BCUT2D eigenvalue weighted by molar-refractivity contribution is -0.0380. The maximum Gasteiger partial charge on any atom is 0.0873 e. The molecule has 3 aliphatic rings. The van der Waals surface area contributed by atoms with Gasteiger partial charge in [0.15, 0.2) is 0 Å². The first-order chi connectivity index (χ1) is 6.66. The SMILES string of the molecule is CN(C)CC1OC2C(O)C3CC1C2C3. The normalized spacial score (nSPS) is 54.9. The molecule has 80 valence electrons. The van der Waals surface area contributed by atoms with E-state index in [-0.39, 0.29) is 12.2 Å². The van der Waals surface area contributed by atoms with Gasteiger partial charge in [-0.15, -0.1) is 0 Å². The molecule has 2 aliphatic carbocycles. The monoisotopic (exact) mass is 197 g/mol. The van der Waals surface area contributed by atoms with Gasteiger partial charge in [-0.05, 0) is 44.7 Å². The summed E-state index contributed by atoms with van der Waals surface area (Å²) >= 11 is 0. The van der Waals surface area contributed by atoms with Crippen molar-refractivity contribution in [1.82, 2.24) is 4.90 Å². The van der Waals surface area contributed by atoms with Crippen LogP contribution in [0.1, 0.15) is 12.8 Å². The maximum atomic E-state index is 9.92. The first-order valence-electron chi connectivity index (χ1n) is 5.65.